The van der Waals surface area contributed by atoms with Gasteiger partial charge < -0.3 is 18.9 Å². The van der Waals surface area contributed by atoms with E-state index in [1.807, 2.05) is 0 Å². The molecule has 1 rings (SSSR count). The molecule has 5 nitrogen and oxygen atoms in total. The van der Waals surface area contributed by atoms with Gasteiger partial charge in [0, 0.05) is 13.0 Å². The van der Waals surface area contributed by atoms with Crippen LogP contribution >= 0.6 is 0 Å². The fourth-order valence-electron chi connectivity index (χ4n) is 1.28. The van der Waals surface area contributed by atoms with Gasteiger partial charge in [0.2, 0.25) is 0 Å². The molecule has 0 aromatic heterocycles. The van der Waals surface area contributed by atoms with Crippen molar-refractivity contribution in [1.29, 1.82) is 0 Å². The van der Waals surface area contributed by atoms with Crippen LogP contribution in [0.3, 0.4) is 0 Å². The van der Waals surface area contributed by atoms with E-state index in [4.69, 9.17) is 18.9 Å². The summed E-state index contributed by atoms with van der Waals surface area (Å²) in [6, 6.07) is 0. The maximum Gasteiger partial charge on any atom is 0.161 e. The largest absolute Gasteiger partial charge is 0.382 e. The van der Waals surface area contributed by atoms with Crippen LogP contribution in [0, 0.1) is 5.92 Å². The molecule has 0 bridgehead atoms. The topological polar surface area (TPSA) is 54.0 Å². The zero-order chi connectivity index (χ0) is 12.3. The smallest absolute Gasteiger partial charge is 0.161 e. The van der Waals surface area contributed by atoms with Gasteiger partial charge in [-0.3, -0.25) is 4.79 Å². The summed E-state index contributed by atoms with van der Waals surface area (Å²) in [6.45, 7) is 3.51. The van der Waals surface area contributed by atoms with Gasteiger partial charge in [0.05, 0.1) is 39.6 Å². The summed E-state index contributed by atoms with van der Waals surface area (Å²) in [4.78, 5) is 11.2. The molecular formula is C12H22O5. The molecule has 0 aliphatic heterocycles. The highest BCUT2D eigenvalue weighted by Crippen LogP contribution is 2.29. The number of carbonyl (C=O) groups excluding carboxylic acids is 1. The average Bonchev–Trinajstić information content (AvgIpc) is 3.15. The van der Waals surface area contributed by atoms with Crippen LogP contribution in [0.2, 0.25) is 0 Å². The van der Waals surface area contributed by atoms with Crippen molar-refractivity contribution < 1.29 is 23.7 Å². The Hall–Kier alpha value is -0.490. The molecule has 1 aliphatic carbocycles. The third kappa shape index (κ3) is 8.26. The summed E-state index contributed by atoms with van der Waals surface area (Å²) >= 11 is 0. The van der Waals surface area contributed by atoms with Crippen molar-refractivity contribution in [2.75, 3.05) is 53.4 Å². The Balaban J connectivity index is 1.70. The number of Topliss-reactive ketones (excluding diaryl/α,β-unsaturated/α-hetero) is 1. The van der Waals surface area contributed by atoms with Crippen LogP contribution in [0.15, 0.2) is 0 Å². The first-order chi connectivity index (χ1) is 8.34. The summed E-state index contributed by atoms with van der Waals surface area (Å²) in [7, 11) is 1.64. The molecule has 100 valence electrons. The lowest BCUT2D eigenvalue weighted by Crippen LogP contribution is -2.15. The first-order valence-corrected chi connectivity index (χ1v) is 6.09. The zero-order valence-corrected chi connectivity index (χ0v) is 10.5. The molecule has 0 heterocycles. The van der Waals surface area contributed by atoms with Gasteiger partial charge in [-0.15, -0.1) is 0 Å². The predicted molar refractivity (Wildman–Crippen MR) is 62.1 cm³/mol. The molecule has 17 heavy (non-hydrogen) atoms. The van der Waals surface area contributed by atoms with E-state index in [0.29, 0.717) is 39.6 Å². The first kappa shape index (κ1) is 14.6. The minimum atomic E-state index is 0.230. The Morgan fingerprint density at radius 2 is 1.47 bits per heavy atom. The van der Waals surface area contributed by atoms with Crippen molar-refractivity contribution >= 4 is 5.78 Å². The zero-order valence-electron chi connectivity index (χ0n) is 10.5. The third-order valence-electron chi connectivity index (χ3n) is 2.45. The van der Waals surface area contributed by atoms with Crippen molar-refractivity contribution in [2.24, 2.45) is 5.92 Å². The molecule has 0 amide bonds. The fourth-order valence-corrected chi connectivity index (χ4v) is 1.28. The van der Waals surface area contributed by atoms with Crippen LogP contribution in [0.1, 0.15) is 12.8 Å². The Kier molecular flexibility index (Phi) is 8.17. The minimum Gasteiger partial charge on any atom is -0.382 e. The number of methoxy groups -OCH3 is 1. The molecule has 0 atom stereocenters. The van der Waals surface area contributed by atoms with Gasteiger partial charge in [-0.05, 0) is 12.8 Å². The lowest BCUT2D eigenvalue weighted by molar-refractivity contribution is -0.125. The van der Waals surface area contributed by atoms with E-state index >= 15 is 0 Å². The first-order valence-electron chi connectivity index (χ1n) is 6.09. The summed E-state index contributed by atoms with van der Waals surface area (Å²) in [5.41, 5.74) is 0. The van der Waals surface area contributed by atoms with Crippen molar-refractivity contribution in [2.45, 2.75) is 12.8 Å². The average molecular weight is 246 g/mol. The second-order valence-electron chi connectivity index (χ2n) is 4.01. The van der Waals surface area contributed by atoms with E-state index in [1.165, 1.54) is 0 Å². The van der Waals surface area contributed by atoms with Crippen LogP contribution in [0.5, 0.6) is 0 Å². The molecule has 1 fully saturated rings. The van der Waals surface area contributed by atoms with E-state index < -0.39 is 0 Å². The normalized spacial score (nSPS) is 15.1. The predicted octanol–water partition coefficient (Wildman–Crippen LogP) is 0.662. The second kappa shape index (κ2) is 9.53. The lowest BCUT2D eigenvalue weighted by atomic mass is 10.3. The number of hydrogen-bond donors (Lipinski definition) is 0. The highest BCUT2D eigenvalue weighted by Gasteiger charge is 2.28. The number of ketones is 1. The number of hydrogen-bond acceptors (Lipinski definition) is 5. The van der Waals surface area contributed by atoms with Crippen molar-refractivity contribution in [3.63, 3.8) is 0 Å². The summed E-state index contributed by atoms with van der Waals surface area (Å²) in [6.07, 6.45) is 2.08. The number of ether oxygens (including phenoxy) is 4. The SMILES string of the molecule is COCCOCCOCCOCC(=O)C1CC1. The molecule has 0 unspecified atom stereocenters. The molecule has 5 heteroatoms. The molecule has 1 saturated carbocycles. The van der Waals surface area contributed by atoms with Gasteiger partial charge in [0.25, 0.3) is 0 Å². The van der Waals surface area contributed by atoms with E-state index in [-0.39, 0.29) is 18.3 Å². The second-order valence-corrected chi connectivity index (χ2v) is 4.01. The van der Waals surface area contributed by atoms with Crippen LogP contribution in [-0.2, 0) is 23.7 Å². The molecule has 0 aromatic rings. The summed E-state index contributed by atoms with van der Waals surface area (Å²) in [5, 5.41) is 0. The Bertz CT molecular complexity index is 203. The maximum atomic E-state index is 11.2. The van der Waals surface area contributed by atoms with E-state index in [9.17, 15) is 4.79 Å². The van der Waals surface area contributed by atoms with Crippen LogP contribution in [-0.4, -0.2) is 59.1 Å². The summed E-state index contributed by atoms with van der Waals surface area (Å²) in [5.74, 6) is 0.512. The highest BCUT2D eigenvalue weighted by atomic mass is 16.6. The van der Waals surface area contributed by atoms with Gasteiger partial charge in [0.1, 0.15) is 6.61 Å². The highest BCUT2D eigenvalue weighted by molar-refractivity contribution is 5.84. The maximum absolute atomic E-state index is 11.2. The Morgan fingerprint density at radius 1 is 0.941 bits per heavy atom. The van der Waals surface area contributed by atoms with Crippen molar-refractivity contribution in [1.82, 2.24) is 0 Å². The molecule has 0 radical (unpaired) electrons. The monoisotopic (exact) mass is 246 g/mol. The molecule has 0 saturated heterocycles. The van der Waals surface area contributed by atoms with Gasteiger partial charge in [-0.2, -0.15) is 0 Å². The van der Waals surface area contributed by atoms with Crippen molar-refractivity contribution in [3.8, 4) is 0 Å². The third-order valence-corrected chi connectivity index (χ3v) is 2.45. The van der Waals surface area contributed by atoms with Gasteiger partial charge in [-0.1, -0.05) is 0 Å². The molecule has 0 N–H and O–H groups in total. The van der Waals surface area contributed by atoms with E-state index in [0.717, 1.165) is 12.8 Å². The fraction of sp³-hybridized carbons (Fsp3) is 0.917. The standard InChI is InChI=1S/C12H22O5/c1-14-4-5-15-6-7-16-8-9-17-10-12(13)11-2-3-11/h11H,2-10H2,1H3. The van der Waals surface area contributed by atoms with Crippen LogP contribution in [0.25, 0.3) is 0 Å². The van der Waals surface area contributed by atoms with Crippen LogP contribution in [0.4, 0.5) is 0 Å². The quantitative estimate of drug-likeness (QED) is 0.474. The Labute approximate surface area is 102 Å². The minimum absolute atomic E-state index is 0.230. The Morgan fingerprint density at radius 3 is 2.00 bits per heavy atom. The molecule has 1 aliphatic rings. The van der Waals surface area contributed by atoms with E-state index in [2.05, 4.69) is 0 Å². The van der Waals surface area contributed by atoms with E-state index in [1.54, 1.807) is 7.11 Å². The van der Waals surface area contributed by atoms with Crippen molar-refractivity contribution in [3.05, 3.63) is 0 Å². The van der Waals surface area contributed by atoms with Gasteiger partial charge >= 0.3 is 0 Å². The van der Waals surface area contributed by atoms with Crippen LogP contribution < -0.4 is 0 Å². The van der Waals surface area contributed by atoms with Gasteiger partial charge in [-0.25, -0.2) is 0 Å². The lowest BCUT2D eigenvalue weighted by Gasteiger charge is -2.06. The summed E-state index contributed by atoms with van der Waals surface area (Å²) < 4.78 is 20.5. The number of carbonyl (C=O) groups is 1. The molecule has 0 spiro atoms. The van der Waals surface area contributed by atoms with Gasteiger partial charge in [0.15, 0.2) is 5.78 Å². The number of rotatable bonds is 12. The molecular weight excluding hydrogens is 224 g/mol. The molecule has 0 aromatic carbocycles.